The number of piperidine rings is 1. The number of nitrogens with one attached hydrogen (secondary N) is 1. The number of benzene rings is 2. The molecule has 0 bridgehead atoms. The second-order valence-electron chi connectivity index (χ2n) is 7.61. The third-order valence-corrected chi connectivity index (χ3v) is 7.36. The highest BCUT2D eigenvalue weighted by Gasteiger charge is 2.37. The molecule has 5 rings (SSSR count). The first-order valence-electron chi connectivity index (χ1n) is 9.69. The van der Waals surface area contributed by atoms with E-state index in [2.05, 4.69) is 65.8 Å². The smallest absolute Gasteiger partial charge is 0.186 e. The van der Waals surface area contributed by atoms with E-state index >= 15 is 0 Å². The van der Waals surface area contributed by atoms with E-state index in [1.54, 1.807) is 11.1 Å². The lowest BCUT2D eigenvalue weighted by molar-refractivity contribution is 0.259. The predicted molar refractivity (Wildman–Crippen MR) is 110 cm³/mol. The molecular weight excluding hydrogens is 338 g/mol. The summed E-state index contributed by atoms with van der Waals surface area (Å²) in [5.74, 6) is 1.44. The Bertz CT molecular complexity index is 877. The number of hydrogen-bond donors (Lipinski definition) is 1. The molecule has 1 aromatic heterocycles. The van der Waals surface area contributed by atoms with E-state index in [1.165, 1.54) is 29.1 Å². The first-order chi connectivity index (χ1) is 12.8. The highest BCUT2D eigenvalue weighted by Crippen LogP contribution is 2.42. The minimum atomic E-state index is 0.599. The highest BCUT2D eigenvalue weighted by molar-refractivity contribution is 7.22. The van der Waals surface area contributed by atoms with Gasteiger partial charge in [0.25, 0.3) is 0 Å². The molecule has 1 saturated heterocycles. The fourth-order valence-electron chi connectivity index (χ4n) is 4.83. The maximum Gasteiger partial charge on any atom is 0.186 e. The van der Waals surface area contributed by atoms with Gasteiger partial charge in [-0.1, -0.05) is 47.7 Å². The normalized spacial score (nSPS) is 21.4. The van der Waals surface area contributed by atoms with E-state index in [4.69, 9.17) is 4.98 Å². The molecule has 0 radical (unpaired) electrons. The maximum absolute atomic E-state index is 4.85. The number of likely N-dealkylation sites (N-methyl/N-ethyl adjacent to an activating group) is 1. The van der Waals surface area contributed by atoms with Crippen LogP contribution in [0.15, 0.2) is 48.5 Å². The van der Waals surface area contributed by atoms with Crippen LogP contribution in [0.5, 0.6) is 0 Å². The number of nitrogens with zero attached hydrogens (tertiary/aromatic N) is 2. The lowest BCUT2D eigenvalue weighted by Gasteiger charge is -2.43. The largest absolute Gasteiger partial charge is 0.348 e. The molecule has 2 aromatic carbocycles. The van der Waals surface area contributed by atoms with Crippen LogP contribution >= 0.6 is 11.3 Å². The topological polar surface area (TPSA) is 28.2 Å². The van der Waals surface area contributed by atoms with Crippen molar-refractivity contribution in [2.75, 3.05) is 25.0 Å². The van der Waals surface area contributed by atoms with Crippen LogP contribution in [0.1, 0.15) is 29.9 Å². The quantitative estimate of drug-likeness (QED) is 0.743. The van der Waals surface area contributed by atoms with E-state index in [1.807, 2.05) is 11.3 Å². The Balaban J connectivity index is 1.27. The number of fused-ring (bicyclic) bond motifs is 2. The summed E-state index contributed by atoms with van der Waals surface area (Å²) in [6.07, 6.45) is 3.74. The van der Waals surface area contributed by atoms with Crippen LogP contribution in [-0.2, 0) is 6.42 Å². The molecule has 0 amide bonds. The molecule has 1 N–H and O–H groups in total. The first kappa shape index (κ1) is 16.3. The fraction of sp³-hybridized carbons (Fsp3) is 0.409. The Labute approximate surface area is 159 Å². The Hall–Kier alpha value is -1.91. The Kier molecular flexibility index (Phi) is 4.18. The molecule has 0 spiro atoms. The van der Waals surface area contributed by atoms with Crippen molar-refractivity contribution in [2.24, 2.45) is 5.92 Å². The van der Waals surface area contributed by atoms with Crippen molar-refractivity contribution in [2.45, 2.75) is 31.2 Å². The van der Waals surface area contributed by atoms with Crippen LogP contribution < -0.4 is 10.2 Å². The van der Waals surface area contributed by atoms with Crippen LogP contribution in [0.4, 0.5) is 5.13 Å². The Morgan fingerprint density at radius 1 is 1.08 bits per heavy atom. The molecule has 4 heteroatoms. The molecule has 134 valence electrons. The van der Waals surface area contributed by atoms with Crippen LogP contribution in [0.2, 0.25) is 0 Å². The van der Waals surface area contributed by atoms with Gasteiger partial charge < -0.3 is 10.2 Å². The number of thiazole rings is 1. The monoisotopic (exact) mass is 363 g/mol. The summed E-state index contributed by atoms with van der Waals surface area (Å²) in [7, 11) is 2.14. The number of hydrogen-bond acceptors (Lipinski definition) is 4. The molecule has 1 aliphatic carbocycles. The first-order valence-corrected chi connectivity index (χ1v) is 10.5. The third-order valence-electron chi connectivity index (χ3n) is 6.26. The Morgan fingerprint density at radius 2 is 1.85 bits per heavy atom. The molecule has 2 unspecified atom stereocenters. The van der Waals surface area contributed by atoms with Gasteiger partial charge >= 0.3 is 0 Å². The molecule has 2 aliphatic rings. The minimum absolute atomic E-state index is 0.599. The van der Waals surface area contributed by atoms with Gasteiger partial charge in [0.05, 0.1) is 10.2 Å². The van der Waals surface area contributed by atoms with Crippen molar-refractivity contribution < 1.29 is 0 Å². The molecule has 1 aliphatic heterocycles. The SMILES string of the molecule is CNC(C1CCN(c2nc3ccccc3s2)CC1)C1Cc2ccccc21. The average Bonchev–Trinajstić information content (AvgIpc) is 3.10. The number of anilines is 1. The lowest BCUT2D eigenvalue weighted by Crippen LogP contribution is -2.47. The molecule has 26 heavy (non-hydrogen) atoms. The molecule has 3 nitrogen and oxygen atoms in total. The van der Waals surface area contributed by atoms with E-state index in [0.29, 0.717) is 12.0 Å². The number of aromatic nitrogens is 1. The fourth-order valence-corrected chi connectivity index (χ4v) is 5.85. The summed E-state index contributed by atoms with van der Waals surface area (Å²) in [5.41, 5.74) is 4.25. The molecule has 1 fully saturated rings. The molecular formula is C22H25N3S. The van der Waals surface area contributed by atoms with Gasteiger partial charge in [-0.2, -0.15) is 0 Å². The van der Waals surface area contributed by atoms with Gasteiger partial charge in [-0.05, 0) is 55.5 Å². The predicted octanol–water partition coefficient (Wildman–Crippen LogP) is 4.44. The zero-order valence-electron chi connectivity index (χ0n) is 15.2. The van der Waals surface area contributed by atoms with Gasteiger partial charge in [-0.25, -0.2) is 4.98 Å². The van der Waals surface area contributed by atoms with E-state index in [0.717, 1.165) is 24.5 Å². The second-order valence-corrected chi connectivity index (χ2v) is 8.62. The highest BCUT2D eigenvalue weighted by atomic mass is 32.1. The van der Waals surface area contributed by atoms with Crippen LogP contribution in [0, 0.1) is 5.92 Å². The van der Waals surface area contributed by atoms with Crippen molar-refractivity contribution in [3.05, 3.63) is 59.7 Å². The van der Waals surface area contributed by atoms with E-state index in [-0.39, 0.29) is 0 Å². The zero-order chi connectivity index (χ0) is 17.5. The molecule has 2 heterocycles. The number of rotatable bonds is 4. The van der Waals surface area contributed by atoms with Crippen molar-refractivity contribution >= 4 is 26.7 Å². The van der Waals surface area contributed by atoms with Crippen LogP contribution in [-0.4, -0.2) is 31.2 Å². The van der Waals surface area contributed by atoms with E-state index in [9.17, 15) is 0 Å². The number of para-hydroxylation sites is 1. The second kappa shape index (κ2) is 6.67. The summed E-state index contributed by atoms with van der Waals surface area (Å²) >= 11 is 1.83. The summed E-state index contributed by atoms with van der Waals surface area (Å²) in [5, 5.41) is 4.85. The molecule has 2 atom stereocenters. The molecule has 0 saturated carbocycles. The molecule has 3 aromatic rings. The van der Waals surface area contributed by atoms with Crippen molar-refractivity contribution in [1.29, 1.82) is 0 Å². The standard InChI is InChI=1S/C22H25N3S/c1-23-21(18-14-16-6-2-3-7-17(16)18)15-10-12-25(13-11-15)22-24-19-8-4-5-9-20(19)26-22/h2-9,15,18,21,23H,10-14H2,1H3. The van der Waals surface area contributed by atoms with Crippen LogP contribution in [0.25, 0.3) is 10.2 Å². The average molecular weight is 364 g/mol. The summed E-state index contributed by atoms with van der Waals surface area (Å²) in [4.78, 5) is 7.34. The lowest BCUT2D eigenvalue weighted by atomic mass is 9.68. The van der Waals surface area contributed by atoms with Gasteiger partial charge in [0, 0.05) is 25.0 Å². The van der Waals surface area contributed by atoms with Crippen LogP contribution in [0.3, 0.4) is 0 Å². The minimum Gasteiger partial charge on any atom is -0.348 e. The Morgan fingerprint density at radius 3 is 2.62 bits per heavy atom. The van der Waals surface area contributed by atoms with E-state index < -0.39 is 0 Å². The van der Waals surface area contributed by atoms with Gasteiger partial charge in [-0.15, -0.1) is 0 Å². The zero-order valence-corrected chi connectivity index (χ0v) is 16.0. The summed E-state index contributed by atoms with van der Waals surface area (Å²) in [6, 6.07) is 18.0. The van der Waals surface area contributed by atoms with Crippen molar-refractivity contribution in [3.63, 3.8) is 0 Å². The maximum atomic E-state index is 4.85. The van der Waals surface area contributed by atoms with Gasteiger partial charge in [-0.3, -0.25) is 0 Å². The van der Waals surface area contributed by atoms with Gasteiger partial charge in [0.15, 0.2) is 5.13 Å². The van der Waals surface area contributed by atoms with Crippen molar-refractivity contribution in [1.82, 2.24) is 10.3 Å². The van der Waals surface area contributed by atoms with Gasteiger partial charge in [0.2, 0.25) is 0 Å². The summed E-state index contributed by atoms with van der Waals surface area (Å²) < 4.78 is 1.30. The van der Waals surface area contributed by atoms with Gasteiger partial charge in [0.1, 0.15) is 0 Å². The third kappa shape index (κ3) is 2.72. The summed E-state index contributed by atoms with van der Waals surface area (Å²) in [6.45, 7) is 2.24. The van der Waals surface area contributed by atoms with Crippen molar-refractivity contribution in [3.8, 4) is 0 Å².